The van der Waals surface area contributed by atoms with Gasteiger partial charge in [-0.2, -0.15) is 8.42 Å². The summed E-state index contributed by atoms with van der Waals surface area (Å²) in [7, 11) is -15.0. The van der Waals surface area contributed by atoms with Crippen LogP contribution in [0.15, 0.2) is 68.8 Å². The third-order valence-corrected chi connectivity index (χ3v) is 7.69. The highest BCUT2D eigenvalue weighted by Crippen LogP contribution is 2.36. The van der Waals surface area contributed by atoms with Crippen molar-refractivity contribution in [1.82, 2.24) is 12.3 Å². The summed E-state index contributed by atoms with van der Waals surface area (Å²) in [6.07, 6.45) is 3.16. The standard InChI is InChI=1S/C20H19N3O9S3.2H3N/c1-10-6-13(9-18(20(10)23)35(30,31)32)19(11-2-4-14(21)16(7-11)33(24,25)26)12-3-5-15(22)17(8-12)34(27,28)29;;/h2-9,21H,22-23H2,1H3,(H,24,25,26)(H,27,28,29)(H,30,31,32);2*1H3/b19-11-,21-14?;;. The summed E-state index contributed by atoms with van der Waals surface area (Å²) in [6, 6.07) is 5.52. The van der Waals surface area contributed by atoms with Crippen LogP contribution in [0.3, 0.4) is 0 Å². The molecule has 1 aliphatic rings. The molecule has 0 spiro atoms. The van der Waals surface area contributed by atoms with Crippen LogP contribution in [0, 0.1) is 12.3 Å². The number of nitrogens with one attached hydrogen (secondary N) is 1. The molecule has 0 unspecified atom stereocenters. The van der Waals surface area contributed by atoms with E-state index in [1.165, 1.54) is 25.1 Å². The van der Waals surface area contributed by atoms with Crippen LogP contribution in [0.1, 0.15) is 16.7 Å². The first-order valence-corrected chi connectivity index (χ1v) is 13.6. The normalized spacial score (nSPS) is 15.4. The van der Waals surface area contributed by atoms with Crippen LogP contribution in [0.2, 0.25) is 0 Å². The Morgan fingerprint density at radius 1 is 0.865 bits per heavy atom. The Balaban J connectivity index is 0.00000342. The lowest BCUT2D eigenvalue weighted by atomic mass is 9.89. The molecule has 37 heavy (non-hydrogen) atoms. The molecule has 0 radical (unpaired) electrons. The Bertz CT molecular complexity index is 1710. The molecule has 0 heterocycles. The number of quaternary nitrogens is 2. The predicted molar refractivity (Wildman–Crippen MR) is 137 cm³/mol. The average Bonchev–Trinajstić information content (AvgIpc) is 2.70. The smallest absolute Gasteiger partial charge is 0.296 e. The molecular formula is C20H25N5O9S3. The molecule has 17 heteroatoms. The summed E-state index contributed by atoms with van der Waals surface area (Å²) in [5.41, 5.74) is 10.1. The maximum Gasteiger partial charge on any atom is 0.296 e. The van der Waals surface area contributed by atoms with Gasteiger partial charge >= 0.3 is 0 Å². The van der Waals surface area contributed by atoms with E-state index in [4.69, 9.17) is 16.9 Å². The summed E-state index contributed by atoms with van der Waals surface area (Å²) in [6.45, 7) is 1.40. The Morgan fingerprint density at radius 3 is 1.92 bits per heavy atom. The molecule has 3 rings (SSSR count). The van der Waals surface area contributed by atoms with E-state index in [1.54, 1.807) is 0 Å². The number of hydrogen-bond donors (Lipinski definition) is 6. The zero-order valence-corrected chi connectivity index (χ0v) is 22.2. The number of rotatable bonds is 5. The van der Waals surface area contributed by atoms with Crippen molar-refractivity contribution < 1.29 is 38.9 Å². The van der Waals surface area contributed by atoms with Gasteiger partial charge in [-0.25, -0.2) is 16.8 Å². The molecule has 0 bridgehead atoms. The average molecular weight is 576 g/mol. The second kappa shape index (κ2) is 10.5. The van der Waals surface area contributed by atoms with Crippen molar-refractivity contribution in [3.05, 3.63) is 75.7 Å². The van der Waals surface area contributed by atoms with Gasteiger partial charge in [-0.05, 0) is 71.2 Å². The first-order chi connectivity index (χ1) is 15.9. The highest BCUT2D eigenvalue weighted by molar-refractivity contribution is 7.91. The van der Waals surface area contributed by atoms with E-state index in [1.807, 2.05) is 0 Å². The fraction of sp³-hybridized carbons (Fsp3) is 0.0500. The molecule has 0 atom stereocenters. The topological polar surface area (TPSA) is 318 Å². The highest BCUT2D eigenvalue weighted by atomic mass is 32.2. The maximum atomic E-state index is 11.8. The summed E-state index contributed by atoms with van der Waals surface area (Å²) in [4.78, 5) is -2.39. The minimum atomic E-state index is -5.07. The van der Waals surface area contributed by atoms with Crippen molar-refractivity contribution in [2.45, 2.75) is 16.7 Å². The number of hydrogen-bond acceptors (Lipinski definition) is 11. The van der Waals surface area contributed by atoms with Crippen molar-refractivity contribution >= 4 is 53.0 Å². The molecule has 0 saturated heterocycles. The van der Waals surface area contributed by atoms with Crippen molar-refractivity contribution in [2.24, 2.45) is 0 Å². The first-order valence-electron chi connectivity index (χ1n) is 9.34. The molecule has 2 aromatic carbocycles. The Labute approximate surface area is 213 Å². The molecule has 0 saturated carbocycles. The van der Waals surface area contributed by atoms with E-state index in [-0.39, 0.29) is 51.5 Å². The van der Waals surface area contributed by atoms with Gasteiger partial charge in [-0.1, -0.05) is 12.1 Å². The largest absolute Gasteiger partial charge is 0.744 e. The number of nitrogens with two attached hydrogens (primary N) is 2. The van der Waals surface area contributed by atoms with E-state index >= 15 is 0 Å². The summed E-state index contributed by atoms with van der Waals surface area (Å²) >= 11 is 0. The fourth-order valence-corrected chi connectivity index (χ4v) is 5.37. The molecular weight excluding hydrogens is 550 g/mol. The van der Waals surface area contributed by atoms with Crippen molar-refractivity contribution in [2.75, 3.05) is 11.5 Å². The number of benzene rings is 2. The molecule has 0 aliphatic heterocycles. The van der Waals surface area contributed by atoms with E-state index < -0.39 is 50.8 Å². The van der Waals surface area contributed by atoms with Crippen LogP contribution < -0.4 is 23.8 Å². The Kier molecular flexibility index (Phi) is 8.99. The molecule has 0 fully saturated rings. The van der Waals surface area contributed by atoms with Gasteiger partial charge in [0.2, 0.25) is 0 Å². The zero-order valence-electron chi connectivity index (χ0n) is 19.7. The second-order valence-corrected chi connectivity index (χ2v) is 11.5. The number of nitrogen functional groups attached to an aromatic ring is 2. The molecule has 1 aliphatic carbocycles. The molecule has 14 N–H and O–H groups in total. The quantitative estimate of drug-likeness (QED) is 0.221. The van der Waals surface area contributed by atoms with Crippen LogP contribution in [-0.2, 0) is 30.4 Å². The van der Waals surface area contributed by atoms with Gasteiger partial charge in [-0.15, -0.1) is 0 Å². The van der Waals surface area contributed by atoms with Gasteiger partial charge in [0.15, 0.2) is 0 Å². The van der Waals surface area contributed by atoms with Gasteiger partial charge < -0.3 is 32.9 Å². The molecule has 2 aromatic rings. The summed E-state index contributed by atoms with van der Waals surface area (Å²) in [5.74, 6) is 0. The fourth-order valence-electron chi connectivity index (χ4n) is 3.41. The molecule has 14 nitrogen and oxygen atoms in total. The van der Waals surface area contributed by atoms with Crippen LogP contribution >= 0.6 is 0 Å². The second-order valence-electron chi connectivity index (χ2n) is 7.43. The number of aryl methyl sites for hydroxylation is 1. The molecule has 0 amide bonds. The van der Waals surface area contributed by atoms with Crippen molar-refractivity contribution in [3.63, 3.8) is 0 Å². The summed E-state index contributed by atoms with van der Waals surface area (Å²) in [5, 5.41) is 7.77. The van der Waals surface area contributed by atoms with Crippen LogP contribution in [0.5, 0.6) is 0 Å². The number of allylic oxidation sites excluding steroid dienone is 5. The lowest BCUT2D eigenvalue weighted by Crippen LogP contribution is -2.13. The third kappa shape index (κ3) is 6.48. The predicted octanol–water partition coefficient (Wildman–Crippen LogP) is 1.88. The van der Waals surface area contributed by atoms with E-state index in [0.717, 1.165) is 30.4 Å². The van der Waals surface area contributed by atoms with Crippen molar-refractivity contribution in [3.8, 4) is 0 Å². The van der Waals surface area contributed by atoms with Gasteiger partial charge in [0.05, 0.1) is 21.2 Å². The maximum absolute atomic E-state index is 11.8. The Hall–Kier alpha value is -3.42. The van der Waals surface area contributed by atoms with Crippen molar-refractivity contribution in [1.29, 1.82) is 5.41 Å². The Morgan fingerprint density at radius 2 is 1.41 bits per heavy atom. The summed E-state index contributed by atoms with van der Waals surface area (Å²) < 4.78 is 104. The van der Waals surface area contributed by atoms with E-state index in [0.29, 0.717) is 0 Å². The van der Waals surface area contributed by atoms with Gasteiger partial charge in [-0.3, -0.25) is 9.96 Å². The zero-order chi connectivity index (χ0) is 26.5. The first kappa shape index (κ1) is 31.6. The lowest BCUT2D eigenvalue weighted by molar-refractivity contribution is 0.461. The van der Waals surface area contributed by atoms with Crippen LogP contribution in [0.25, 0.3) is 5.57 Å². The van der Waals surface area contributed by atoms with Crippen LogP contribution in [0.4, 0.5) is 11.4 Å². The van der Waals surface area contributed by atoms with E-state index in [2.05, 4.69) is 0 Å². The molecule has 0 aromatic heterocycles. The van der Waals surface area contributed by atoms with Crippen LogP contribution in [-0.4, -0.2) is 44.6 Å². The van der Waals surface area contributed by atoms with Gasteiger partial charge in [0, 0.05) is 5.69 Å². The van der Waals surface area contributed by atoms with E-state index in [9.17, 15) is 38.9 Å². The SMILES string of the molecule is Cc1cc(/C(=C2/C=CC(=N)C(S(=O)(=O)O)=C2)c2ccc(N)c(S(=O)(=O)[O-])c2)cc(S(=O)(=O)[O-])c1N.[NH4+].[NH4+]. The highest BCUT2D eigenvalue weighted by Gasteiger charge is 2.24. The number of anilines is 2. The monoisotopic (exact) mass is 575 g/mol. The minimum absolute atomic E-state index is 0. The third-order valence-electron chi connectivity index (χ3n) is 5.03. The lowest BCUT2D eigenvalue weighted by Gasteiger charge is -2.20. The molecule has 202 valence electrons. The van der Waals surface area contributed by atoms with Gasteiger partial charge in [0.1, 0.15) is 25.1 Å². The van der Waals surface area contributed by atoms with Gasteiger partial charge in [0.25, 0.3) is 10.1 Å². The minimum Gasteiger partial charge on any atom is -0.744 e.